The van der Waals surface area contributed by atoms with Crippen LogP contribution in [-0.2, 0) is 16.1 Å². The van der Waals surface area contributed by atoms with Crippen molar-refractivity contribution in [1.29, 1.82) is 0 Å². The first-order valence-corrected chi connectivity index (χ1v) is 11.7. The van der Waals surface area contributed by atoms with Crippen LogP contribution in [-0.4, -0.2) is 48.0 Å². The maximum Gasteiger partial charge on any atom is 0.325 e. The van der Waals surface area contributed by atoms with E-state index in [2.05, 4.69) is 10.6 Å². The number of amides is 4. The fourth-order valence-electron chi connectivity index (χ4n) is 5.14. The second-order valence-electron chi connectivity index (χ2n) is 9.23. The molecule has 1 aromatic rings. The molecule has 2 N–H and O–H groups in total. The van der Waals surface area contributed by atoms with Crippen molar-refractivity contribution in [1.82, 2.24) is 15.5 Å². The highest BCUT2D eigenvalue weighted by molar-refractivity contribution is 6.09. The molecule has 1 saturated heterocycles. The fraction of sp³-hybridized carbons (Fsp3) is 0.625. The van der Waals surface area contributed by atoms with Crippen molar-refractivity contribution in [3.63, 3.8) is 0 Å². The normalized spacial score (nSPS) is 25.8. The molecule has 2 saturated carbocycles. The third-order valence-electron chi connectivity index (χ3n) is 7.12. The van der Waals surface area contributed by atoms with Gasteiger partial charge in [0.1, 0.15) is 12.1 Å². The van der Waals surface area contributed by atoms with Gasteiger partial charge in [0.2, 0.25) is 5.91 Å². The first-order chi connectivity index (χ1) is 15.4. The van der Waals surface area contributed by atoms with Crippen LogP contribution in [0.25, 0.3) is 0 Å². The monoisotopic (exact) mass is 443 g/mol. The Kier molecular flexibility index (Phi) is 6.58. The maximum atomic E-state index is 13.0. The first kappa shape index (κ1) is 22.4. The summed E-state index contributed by atoms with van der Waals surface area (Å²) in [6.07, 6.45) is 8.21. The molecule has 8 heteroatoms. The van der Waals surface area contributed by atoms with Gasteiger partial charge in [0.25, 0.3) is 5.91 Å². The van der Waals surface area contributed by atoms with Crippen LogP contribution in [0.1, 0.15) is 63.9 Å². The second-order valence-corrected chi connectivity index (χ2v) is 9.23. The van der Waals surface area contributed by atoms with Gasteiger partial charge in [0, 0.05) is 6.54 Å². The Hall–Kier alpha value is -2.77. The van der Waals surface area contributed by atoms with Crippen molar-refractivity contribution in [2.75, 3.05) is 13.7 Å². The Bertz CT molecular complexity index is 882. The lowest BCUT2D eigenvalue weighted by molar-refractivity contribution is -0.137. The number of methoxy groups -OCH3 is 1. The van der Waals surface area contributed by atoms with Gasteiger partial charge >= 0.3 is 6.03 Å². The largest absolute Gasteiger partial charge is 0.493 e. The lowest BCUT2D eigenvalue weighted by atomic mass is 9.73. The predicted molar refractivity (Wildman–Crippen MR) is 118 cm³/mol. The number of ether oxygens (including phenoxy) is 2. The van der Waals surface area contributed by atoms with Gasteiger partial charge in [-0.1, -0.05) is 25.8 Å². The average Bonchev–Trinajstić information content (AvgIpc) is 3.38. The van der Waals surface area contributed by atoms with E-state index in [1.54, 1.807) is 7.11 Å². The summed E-state index contributed by atoms with van der Waals surface area (Å²) >= 11 is 0. The fourth-order valence-corrected chi connectivity index (χ4v) is 5.14. The number of urea groups is 1. The summed E-state index contributed by atoms with van der Waals surface area (Å²) in [7, 11) is 1.60. The Morgan fingerprint density at radius 3 is 2.62 bits per heavy atom. The summed E-state index contributed by atoms with van der Waals surface area (Å²) in [5, 5.41) is 5.68. The van der Waals surface area contributed by atoms with Crippen molar-refractivity contribution < 1.29 is 23.9 Å². The van der Waals surface area contributed by atoms with E-state index in [1.165, 1.54) is 12.8 Å². The highest BCUT2D eigenvalue weighted by Crippen LogP contribution is 2.38. The Balaban J connectivity index is 1.33. The topological polar surface area (TPSA) is 97.0 Å². The summed E-state index contributed by atoms with van der Waals surface area (Å²) in [6, 6.07) is 5.12. The lowest BCUT2D eigenvalue weighted by Crippen LogP contribution is -2.54. The van der Waals surface area contributed by atoms with Crippen molar-refractivity contribution in [3.8, 4) is 11.5 Å². The molecule has 0 bridgehead atoms. The molecule has 3 aliphatic rings. The van der Waals surface area contributed by atoms with Gasteiger partial charge in [-0.25, -0.2) is 4.79 Å². The Morgan fingerprint density at radius 1 is 1.16 bits per heavy atom. The summed E-state index contributed by atoms with van der Waals surface area (Å²) in [5.41, 5.74) is 0.00143. The van der Waals surface area contributed by atoms with Crippen LogP contribution < -0.4 is 20.1 Å². The molecule has 1 aliphatic heterocycles. The van der Waals surface area contributed by atoms with E-state index in [0.29, 0.717) is 17.9 Å². The summed E-state index contributed by atoms with van der Waals surface area (Å²) in [4.78, 5) is 39.0. The van der Waals surface area contributed by atoms with Gasteiger partial charge in [-0.3, -0.25) is 14.5 Å². The molecule has 1 aromatic carbocycles. The van der Waals surface area contributed by atoms with E-state index < -0.39 is 11.6 Å². The maximum absolute atomic E-state index is 13.0. The summed E-state index contributed by atoms with van der Waals surface area (Å²) in [6.45, 7) is 1.98. The smallest absolute Gasteiger partial charge is 0.325 e. The molecule has 174 valence electrons. The minimum atomic E-state index is -0.849. The average molecular weight is 444 g/mol. The number of rotatable bonds is 7. The molecule has 4 amide bonds. The zero-order valence-electron chi connectivity index (χ0n) is 18.9. The van der Waals surface area contributed by atoms with Crippen LogP contribution in [0, 0.1) is 5.92 Å². The molecule has 8 nitrogen and oxygen atoms in total. The molecule has 1 spiro atoms. The number of imide groups is 1. The van der Waals surface area contributed by atoms with E-state index in [9.17, 15) is 14.4 Å². The van der Waals surface area contributed by atoms with E-state index in [1.807, 2.05) is 25.1 Å². The highest BCUT2D eigenvalue weighted by atomic mass is 16.5. The number of hydrogen-bond acceptors (Lipinski definition) is 5. The van der Waals surface area contributed by atoms with E-state index >= 15 is 0 Å². The molecule has 2 atom stereocenters. The number of nitrogens with one attached hydrogen (secondary N) is 2. The summed E-state index contributed by atoms with van der Waals surface area (Å²) in [5.74, 6) is 0.754. The third kappa shape index (κ3) is 4.40. The van der Waals surface area contributed by atoms with Crippen LogP contribution >= 0.6 is 0 Å². The van der Waals surface area contributed by atoms with Crippen molar-refractivity contribution in [2.45, 2.75) is 76.5 Å². The van der Waals surface area contributed by atoms with Gasteiger partial charge in [-0.15, -0.1) is 0 Å². The highest BCUT2D eigenvalue weighted by Gasteiger charge is 2.55. The number of benzene rings is 1. The SMILES string of the molecule is COc1cc(CNC(=O)CN2C(=O)N[C@@]3(CCCC[C@@H]3C)C2=O)ccc1OC1CCCC1. The van der Waals surface area contributed by atoms with Crippen LogP contribution in [0.4, 0.5) is 4.79 Å². The number of carbonyl (C=O) groups is 3. The van der Waals surface area contributed by atoms with Gasteiger partial charge in [-0.2, -0.15) is 0 Å². The van der Waals surface area contributed by atoms with Gasteiger partial charge in [0.15, 0.2) is 11.5 Å². The third-order valence-corrected chi connectivity index (χ3v) is 7.12. The zero-order valence-corrected chi connectivity index (χ0v) is 18.9. The predicted octanol–water partition coefficient (Wildman–Crippen LogP) is 3.13. The minimum Gasteiger partial charge on any atom is -0.493 e. The molecule has 2 aliphatic carbocycles. The van der Waals surface area contributed by atoms with Crippen molar-refractivity contribution in [2.24, 2.45) is 5.92 Å². The van der Waals surface area contributed by atoms with E-state index in [4.69, 9.17) is 9.47 Å². The standard InChI is InChI=1S/C24H33N3O5/c1-16-7-5-6-12-24(16)22(29)27(23(30)26-24)15-21(28)25-14-17-10-11-19(20(13-17)31-2)32-18-8-3-4-9-18/h10-11,13,16,18H,3-9,12,14-15H2,1-2H3,(H,25,28)(H,26,30)/t16-,24+/m0/s1. The number of hydrogen-bond donors (Lipinski definition) is 2. The van der Waals surface area contributed by atoms with Crippen LogP contribution in [0.2, 0.25) is 0 Å². The van der Waals surface area contributed by atoms with Crippen LogP contribution in [0.3, 0.4) is 0 Å². The molecule has 1 heterocycles. The van der Waals surface area contributed by atoms with Crippen LogP contribution in [0.5, 0.6) is 11.5 Å². The van der Waals surface area contributed by atoms with E-state index in [0.717, 1.165) is 42.6 Å². The molecular weight excluding hydrogens is 410 g/mol. The van der Waals surface area contributed by atoms with E-state index in [-0.39, 0.29) is 36.9 Å². The molecule has 3 fully saturated rings. The molecule has 0 unspecified atom stereocenters. The lowest BCUT2D eigenvalue weighted by Gasteiger charge is -2.36. The van der Waals surface area contributed by atoms with Gasteiger partial charge in [-0.05, 0) is 62.1 Å². The Labute approximate surface area is 189 Å². The molecule has 0 aromatic heterocycles. The molecule has 4 rings (SSSR count). The molecule has 0 radical (unpaired) electrons. The first-order valence-electron chi connectivity index (χ1n) is 11.7. The molecule has 32 heavy (non-hydrogen) atoms. The number of carbonyl (C=O) groups excluding carboxylic acids is 3. The van der Waals surface area contributed by atoms with Crippen LogP contribution in [0.15, 0.2) is 18.2 Å². The van der Waals surface area contributed by atoms with Crippen molar-refractivity contribution >= 4 is 17.8 Å². The summed E-state index contributed by atoms with van der Waals surface area (Å²) < 4.78 is 11.5. The second kappa shape index (κ2) is 9.38. The van der Waals surface area contributed by atoms with Gasteiger partial charge in [0.05, 0.1) is 13.2 Å². The zero-order chi connectivity index (χ0) is 22.7. The molecular formula is C24H33N3O5. The quantitative estimate of drug-likeness (QED) is 0.631. The van der Waals surface area contributed by atoms with Gasteiger partial charge < -0.3 is 20.1 Å². The Morgan fingerprint density at radius 2 is 1.91 bits per heavy atom. The minimum absolute atomic E-state index is 0.0678. The van der Waals surface area contributed by atoms with Crippen molar-refractivity contribution in [3.05, 3.63) is 23.8 Å². The number of nitrogens with zero attached hydrogens (tertiary/aromatic N) is 1.